The van der Waals surface area contributed by atoms with Crippen LogP contribution in [0.15, 0.2) is 176 Å². The summed E-state index contributed by atoms with van der Waals surface area (Å²) in [6.07, 6.45) is 0. The zero-order valence-corrected chi connectivity index (χ0v) is 27.1. The van der Waals surface area contributed by atoms with E-state index < -0.39 is 8.07 Å². The van der Waals surface area contributed by atoms with E-state index in [1.807, 2.05) is 12.1 Å². The van der Waals surface area contributed by atoms with Gasteiger partial charge in [0.1, 0.15) is 0 Å². The van der Waals surface area contributed by atoms with Gasteiger partial charge in [-0.3, -0.25) is 0 Å². The van der Waals surface area contributed by atoms with Gasteiger partial charge in [-0.2, -0.15) is 0 Å². The molecule has 0 saturated heterocycles. The molecule has 0 saturated carbocycles. The van der Waals surface area contributed by atoms with Crippen LogP contribution in [0.5, 0.6) is 0 Å². The maximum Gasteiger partial charge on any atom is 0.196 e. The van der Waals surface area contributed by atoms with Crippen molar-refractivity contribution < 1.29 is 0 Å². The number of benzene rings is 7. The fourth-order valence-electron chi connectivity index (χ4n) is 7.31. The first-order valence-corrected chi connectivity index (χ1v) is 17.9. The van der Waals surface area contributed by atoms with Crippen molar-refractivity contribution in [2.24, 2.45) is 0 Å². The van der Waals surface area contributed by atoms with Gasteiger partial charge >= 0.3 is 0 Å². The minimum atomic E-state index is -2.88. The zero-order valence-electron chi connectivity index (χ0n) is 26.1. The van der Waals surface area contributed by atoms with E-state index >= 15 is 0 Å². The predicted molar refractivity (Wildman–Crippen MR) is 202 cm³/mol. The maximum atomic E-state index is 8.32. The highest BCUT2D eigenvalue weighted by Gasteiger charge is 2.41. The summed E-state index contributed by atoms with van der Waals surface area (Å²) in [4.78, 5) is 8.05. The van der Waals surface area contributed by atoms with Crippen LogP contribution in [-0.2, 0) is 0 Å². The topological polar surface area (TPSA) is 13.6 Å². The Kier molecular flexibility index (Phi) is 7.27. The summed E-state index contributed by atoms with van der Waals surface area (Å²) < 4.78 is 2.24. The van der Waals surface area contributed by atoms with Crippen molar-refractivity contribution in [2.75, 3.05) is 0 Å². The van der Waals surface area contributed by atoms with Crippen LogP contribution < -0.4 is 20.7 Å². The molecule has 0 aliphatic heterocycles. The minimum absolute atomic E-state index is 0.550. The third-order valence-electron chi connectivity index (χ3n) is 9.35. The molecule has 7 aromatic carbocycles. The Bertz CT molecular complexity index is 2370. The van der Waals surface area contributed by atoms with Crippen molar-refractivity contribution in [3.8, 4) is 16.8 Å². The highest BCUT2D eigenvalue weighted by molar-refractivity contribution is 7.20. The van der Waals surface area contributed by atoms with Crippen LogP contribution in [0, 0.1) is 13.1 Å². The summed E-state index contributed by atoms with van der Waals surface area (Å²) in [7, 11) is -2.88. The zero-order chi connectivity index (χ0) is 32.5. The van der Waals surface area contributed by atoms with E-state index in [9.17, 15) is 0 Å². The quantitative estimate of drug-likeness (QED) is 0.0993. The SMILES string of the molecule is [C-]#[N+]c1cc(-c2ccc(-n3c4ccccc4c4ccccc43)cc2[N+]#[C-])cc([Si](c2ccccc2)(c2ccccc2)c2ccccc2)c1. The fraction of sp³-hybridized carbons (Fsp3) is 0. The normalized spacial score (nSPS) is 11.3. The maximum absolute atomic E-state index is 8.32. The Morgan fingerprint density at radius 3 is 1.44 bits per heavy atom. The van der Waals surface area contributed by atoms with Crippen LogP contribution >= 0.6 is 0 Å². The van der Waals surface area contributed by atoms with Crippen molar-refractivity contribution in [1.29, 1.82) is 0 Å². The molecule has 0 spiro atoms. The second kappa shape index (κ2) is 12.0. The molecule has 224 valence electrons. The number of aromatic nitrogens is 1. The minimum Gasteiger partial charge on any atom is -0.311 e. The number of fused-ring (bicyclic) bond motifs is 3. The number of hydrogen-bond donors (Lipinski definition) is 0. The molecule has 0 aliphatic carbocycles. The third-order valence-corrected chi connectivity index (χ3v) is 14.1. The molecule has 0 bridgehead atoms. The highest BCUT2D eigenvalue weighted by atomic mass is 28.3. The molecule has 8 rings (SSSR count). The van der Waals surface area contributed by atoms with Crippen LogP contribution in [0.2, 0.25) is 0 Å². The van der Waals surface area contributed by atoms with Gasteiger partial charge in [-0.15, -0.1) is 0 Å². The van der Waals surface area contributed by atoms with E-state index in [1.165, 1.54) is 26.3 Å². The van der Waals surface area contributed by atoms with Crippen LogP contribution in [0.25, 0.3) is 48.3 Å². The average Bonchev–Trinajstić information content (AvgIpc) is 3.50. The summed E-state index contributed by atoms with van der Waals surface area (Å²) >= 11 is 0. The van der Waals surface area contributed by atoms with E-state index in [2.05, 4.69) is 178 Å². The van der Waals surface area contributed by atoms with E-state index in [1.54, 1.807) is 0 Å². The highest BCUT2D eigenvalue weighted by Crippen LogP contribution is 2.37. The summed E-state index contributed by atoms with van der Waals surface area (Å²) in [5.41, 5.74) is 5.94. The van der Waals surface area contributed by atoms with Gasteiger partial charge in [-0.25, -0.2) is 9.69 Å². The van der Waals surface area contributed by atoms with Crippen LogP contribution in [0.1, 0.15) is 0 Å². The summed E-state index contributed by atoms with van der Waals surface area (Å²) in [6.45, 7) is 16.5. The predicted octanol–water partition coefficient (Wildman–Crippen LogP) is 8.93. The molecule has 4 heteroatoms. The molecule has 0 aliphatic rings. The molecule has 0 fully saturated rings. The molecule has 0 radical (unpaired) electrons. The first-order valence-electron chi connectivity index (χ1n) is 15.9. The number of rotatable bonds is 6. The molecule has 3 nitrogen and oxygen atoms in total. The summed E-state index contributed by atoms with van der Waals surface area (Å²) in [5, 5.41) is 7.18. The lowest BCUT2D eigenvalue weighted by Crippen LogP contribution is -2.74. The monoisotopic (exact) mass is 627 g/mol. The van der Waals surface area contributed by atoms with Crippen molar-refractivity contribution in [1.82, 2.24) is 4.57 Å². The van der Waals surface area contributed by atoms with E-state index in [4.69, 9.17) is 13.1 Å². The van der Waals surface area contributed by atoms with Gasteiger partial charge in [0, 0.05) is 16.5 Å². The molecule has 1 heterocycles. The fourth-order valence-corrected chi connectivity index (χ4v) is 12.1. The van der Waals surface area contributed by atoms with Crippen molar-refractivity contribution >= 4 is 62.0 Å². The second-order valence-electron chi connectivity index (χ2n) is 11.9. The third kappa shape index (κ3) is 4.64. The molecular formula is C44H29N3Si. The lowest BCUT2D eigenvalue weighted by atomic mass is 10.0. The van der Waals surface area contributed by atoms with Gasteiger partial charge < -0.3 is 4.57 Å². The Balaban J connectivity index is 1.38. The lowest BCUT2D eigenvalue weighted by molar-refractivity contribution is 1.18. The van der Waals surface area contributed by atoms with E-state index in [0.717, 1.165) is 33.0 Å². The molecule has 1 aromatic heterocycles. The molecule has 0 N–H and O–H groups in total. The molecule has 0 unspecified atom stereocenters. The first-order chi connectivity index (χ1) is 23.7. The number of nitrogens with zero attached hydrogens (tertiary/aromatic N) is 3. The van der Waals surface area contributed by atoms with Crippen molar-refractivity contribution in [3.05, 3.63) is 199 Å². The number of para-hydroxylation sites is 2. The molecular weight excluding hydrogens is 599 g/mol. The van der Waals surface area contributed by atoms with Crippen molar-refractivity contribution in [2.45, 2.75) is 0 Å². The summed E-state index contributed by atoms with van der Waals surface area (Å²) in [6, 6.07) is 61.3. The first kappa shape index (κ1) is 29.0. The molecule has 48 heavy (non-hydrogen) atoms. The molecule has 8 aromatic rings. The molecule has 0 atom stereocenters. The Morgan fingerprint density at radius 2 is 0.938 bits per heavy atom. The van der Waals surface area contributed by atoms with Gasteiger partial charge in [0.05, 0.1) is 24.2 Å². The standard InChI is InChI=1S/C44H29N3Si/c1-45-33-28-32(39-27-26-34(31-42(39)46-2)47-43-24-14-12-22-40(43)41-23-13-15-25-44(41)47)29-38(30-33)48(35-16-6-3-7-17-35,36-18-8-4-9-19-36)37-20-10-5-11-21-37/h3-31H. The van der Waals surface area contributed by atoms with Crippen molar-refractivity contribution in [3.63, 3.8) is 0 Å². The lowest BCUT2D eigenvalue weighted by Gasteiger charge is -2.35. The van der Waals surface area contributed by atoms with Gasteiger partial charge in [0.15, 0.2) is 19.4 Å². The van der Waals surface area contributed by atoms with E-state index in [-0.39, 0.29) is 0 Å². The smallest absolute Gasteiger partial charge is 0.196 e. The summed E-state index contributed by atoms with van der Waals surface area (Å²) in [5.74, 6) is 0. The number of hydrogen-bond acceptors (Lipinski definition) is 0. The van der Waals surface area contributed by atoms with Gasteiger partial charge in [-0.1, -0.05) is 151 Å². The van der Waals surface area contributed by atoms with Gasteiger partial charge in [0.25, 0.3) is 0 Å². The van der Waals surface area contributed by atoms with Crippen LogP contribution in [0.3, 0.4) is 0 Å². The molecule has 0 amide bonds. The largest absolute Gasteiger partial charge is 0.311 e. The van der Waals surface area contributed by atoms with E-state index in [0.29, 0.717) is 11.4 Å². The Morgan fingerprint density at radius 1 is 0.438 bits per heavy atom. The average molecular weight is 628 g/mol. The second-order valence-corrected chi connectivity index (χ2v) is 15.7. The van der Waals surface area contributed by atoms with Crippen LogP contribution in [0.4, 0.5) is 11.4 Å². The van der Waals surface area contributed by atoms with Gasteiger partial charge in [-0.05, 0) is 57.0 Å². The van der Waals surface area contributed by atoms with Gasteiger partial charge in [0.2, 0.25) is 0 Å². The Hall–Kier alpha value is -6.46. The van der Waals surface area contributed by atoms with Crippen LogP contribution in [-0.4, -0.2) is 12.6 Å². The Labute approximate surface area is 281 Å².